The Morgan fingerprint density at radius 1 is 1.44 bits per heavy atom. The predicted octanol–water partition coefficient (Wildman–Crippen LogP) is 2.80. The van der Waals surface area contributed by atoms with Crippen LogP contribution in [0, 0.1) is 5.82 Å². The normalized spacial score (nSPS) is 11.3. The molecule has 0 radical (unpaired) electrons. The average Bonchev–Trinajstić information content (AvgIpc) is 3.17. The van der Waals surface area contributed by atoms with Crippen molar-refractivity contribution in [1.82, 2.24) is 10.3 Å². The van der Waals surface area contributed by atoms with Crippen LogP contribution in [0.5, 0.6) is 5.75 Å². The first-order valence-corrected chi connectivity index (χ1v) is 8.58. The number of methoxy groups -OCH3 is 1. The van der Waals surface area contributed by atoms with E-state index >= 15 is 0 Å². The zero-order valence-electron chi connectivity index (χ0n) is 14.5. The smallest absolute Gasteiger partial charge is 0.253 e. The first-order chi connectivity index (χ1) is 13.0. The summed E-state index contributed by atoms with van der Waals surface area (Å²) < 4.78 is 24.1. The van der Waals surface area contributed by atoms with Gasteiger partial charge in [-0.05, 0) is 18.2 Å². The van der Waals surface area contributed by atoms with Crippen LogP contribution in [0.2, 0.25) is 0 Å². The third-order valence-corrected chi connectivity index (χ3v) is 4.04. The molecular formula is C18H18FN3O4S. The maximum absolute atomic E-state index is 13.9. The number of aromatic nitrogens is 1. The molecule has 1 atom stereocenters. The molecule has 2 rings (SSSR count). The Balaban J connectivity index is 2.40. The number of rotatable bonds is 9. The second-order valence-electron chi connectivity index (χ2n) is 5.20. The lowest BCUT2D eigenvalue weighted by Gasteiger charge is -2.21. The fourth-order valence-electron chi connectivity index (χ4n) is 2.06. The van der Waals surface area contributed by atoms with Gasteiger partial charge in [0.25, 0.3) is 11.8 Å². The largest absolute Gasteiger partial charge is 0.467 e. The molecule has 1 unspecified atom stereocenters. The average molecular weight is 391 g/mol. The fraction of sp³-hybridized carbons (Fsp3) is 0.167. The molecule has 142 valence electrons. The molecule has 1 aromatic carbocycles. The molecule has 0 aliphatic carbocycles. The van der Waals surface area contributed by atoms with E-state index in [1.807, 2.05) is 0 Å². The second-order valence-corrected chi connectivity index (χ2v) is 6.09. The van der Waals surface area contributed by atoms with Crippen molar-refractivity contribution in [1.29, 1.82) is 0 Å². The van der Waals surface area contributed by atoms with Gasteiger partial charge in [-0.2, -0.15) is 0 Å². The van der Waals surface area contributed by atoms with Gasteiger partial charge in [-0.1, -0.05) is 19.2 Å². The molecule has 0 saturated heterocycles. The molecule has 0 aliphatic rings. The van der Waals surface area contributed by atoms with Crippen LogP contribution in [0.3, 0.4) is 0 Å². The minimum absolute atomic E-state index is 0.0535. The third-order valence-electron chi connectivity index (χ3n) is 3.35. The molecule has 2 aromatic rings. The van der Waals surface area contributed by atoms with E-state index in [1.165, 1.54) is 42.9 Å². The zero-order chi connectivity index (χ0) is 19.8. The van der Waals surface area contributed by atoms with Crippen LogP contribution in [-0.4, -0.2) is 30.7 Å². The van der Waals surface area contributed by atoms with Gasteiger partial charge in [-0.25, -0.2) is 9.37 Å². The molecule has 0 spiro atoms. The molecule has 9 heteroatoms. The molecule has 0 bridgehead atoms. The number of ether oxygens (including phenoxy) is 2. The number of benzene rings is 1. The molecule has 0 fully saturated rings. The Kier molecular flexibility index (Phi) is 7.21. The van der Waals surface area contributed by atoms with Crippen LogP contribution in [0.15, 0.2) is 54.6 Å². The van der Waals surface area contributed by atoms with Gasteiger partial charge in [0.2, 0.25) is 0 Å². The number of carbonyl (C=O) groups excluding carboxylic acids is 2. The van der Waals surface area contributed by atoms with Crippen molar-refractivity contribution in [3.8, 4) is 5.75 Å². The van der Waals surface area contributed by atoms with Crippen molar-refractivity contribution >= 4 is 28.3 Å². The van der Waals surface area contributed by atoms with Gasteiger partial charge < -0.3 is 14.8 Å². The van der Waals surface area contributed by atoms with Gasteiger partial charge in [0.1, 0.15) is 17.6 Å². The summed E-state index contributed by atoms with van der Waals surface area (Å²) in [6.45, 7) is 6.90. The van der Waals surface area contributed by atoms with E-state index in [1.54, 1.807) is 5.38 Å². The number of nitrogens with zero attached hydrogens (tertiary/aromatic N) is 1. The summed E-state index contributed by atoms with van der Waals surface area (Å²) in [5.74, 6) is -1.67. The molecule has 27 heavy (non-hydrogen) atoms. The van der Waals surface area contributed by atoms with Crippen molar-refractivity contribution in [3.05, 3.63) is 66.0 Å². The van der Waals surface area contributed by atoms with Crippen LogP contribution in [0.25, 0.3) is 0 Å². The Bertz CT molecular complexity index is 839. The fourth-order valence-corrected chi connectivity index (χ4v) is 2.59. The van der Waals surface area contributed by atoms with E-state index in [4.69, 9.17) is 9.47 Å². The molecule has 1 heterocycles. The van der Waals surface area contributed by atoms with E-state index in [2.05, 4.69) is 28.8 Å². The molecule has 0 saturated carbocycles. The highest BCUT2D eigenvalue weighted by molar-refractivity contribution is 7.13. The SMILES string of the molecule is C=CC(=C)C(=O)NC(C(=O)Nc1nccs1)c1cc(F)ccc1OCOC. The summed E-state index contributed by atoms with van der Waals surface area (Å²) in [7, 11) is 1.42. The van der Waals surface area contributed by atoms with Gasteiger partial charge in [0, 0.05) is 29.8 Å². The number of halogens is 1. The van der Waals surface area contributed by atoms with Crippen molar-refractivity contribution in [2.24, 2.45) is 0 Å². The standard InChI is InChI=1S/C18H18FN3O4S/c1-4-11(2)16(23)21-15(17(24)22-18-20-7-8-27-18)13-9-12(19)5-6-14(13)26-10-25-3/h4-9,15H,1-2,10H2,3H3,(H,21,23)(H,20,22,24). The molecule has 2 amide bonds. The summed E-state index contributed by atoms with van der Waals surface area (Å²) in [6, 6.07) is 2.37. The van der Waals surface area contributed by atoms with E-state index in [-0.39, 0.29) is 23.7 Å². The monoisotopic (exact) mass is 391 g/mol. The van der Waals surface area contributed by atoms with Crippen LogP contribution < -0.4 is 15.4 Å². The first kappa shape index (κ1) is 20.3. The first-order valence-electron chi connectivity index (χ1n) is 7.70. The second kappa shape index (κ2) is 9.60. The predicted molar refractivity (Wildman–Crippen MR) is 99.9 cm³/mol. The van der Waals surface area contributed by atoms with Gasteiger partial charge in [0.15, 0.2) is 11.9 Å². The Morgan fingerprint density at radius 2 is 2.22 bits per heavy atom. The van der Waals surface area contributed by atoms with Crippen molar-refractivity contribution in [3.63, 3.8) is 0 Å². The van der Waals surface area contributed by atoms with E-state index in [0.717, 1.165) is 6.07 Å². The highest BCUT2D eigenvalue weighted by Gasteiger charge is 2.27. The van der Waals surface area contributed by atoms with Gasteiger partial charge in [0.05, 0.1) is 0 Å². The van der Waals surface area contributed by atoms with E-state index in [0.29, 0.717) is 5.13 Å². The summed E-state index contributed by atoms with van der Waals surface area (Å²) >= 11 is 1.20. The molecule has 0 aliphatic heterocycles. The van der Waals surface area contributed by atoms with Crippen LogP contribution in [0.1, 0.15) is 11.6 Å². The topological polar surface area (TPSA) is 89.6 Å². The number of hydrogen-bond acceptors (Lipinski definition) is 6. The van der Waals surface area contributed by atoms with Crippen LogP contribution in [0.4, 0.5) is 9.52 Å². The van der Waals surface area contributed by atoms with Gasteiger partial charge >= 0.3 is 0 Å². The zero-order valence-corrected chi connectivity index (χ0v) is 15.3. The van der Waals surface area contributed by atoms with E-state index in [9.17, 15) is 14.0 Å². The maximum Gasteiger partial charge on any atom is 0.253 e. The summed E-state index contributed by atoms with van der Waals surface area (Å²) in [5.41, 5.74) is 0.170. The Morgan fingerprint density at radius 3 is 2.85 bits per heavy atom. The van der Waals surface area contributed by atoms with Crippen molar-refractivity contribution in [2.75, 3.05) is 19.2 Å². The number of anilines is 1. The third kappa shape index (κ3) is 5.47. The van der Waals surface area contributed by atoms with Crippen LogP contribution >= 0.6 is 11.3 Å². The highest BCUT2D eigenvalue weighted by atomic mass is 32.1. The van der Waals surface area contributed by atoms with Crippen molar-refractivity contribution in [2.45, 2.75) is 6.04 Å². The van der Waals surface area contributed by atoms with Gasteiger partial charge in [-0.3, -0.25) is 14.9 Å². The Hall–Kier alpha value is -3.04. The number of thiazole rings is 1. The lowest BCUT2D eigenvalue weighted by atomic mass is 10.0. The number of nitrogens with one attached hydrogen (secondary N) is 2. The minimum Gasteiger partial charge on any atom is -0.467 e. The van der Waals surface area contributed by atoms with Crippen molar-refractivity contribution < 1.29 is 23.5 Å². The number of carbonyl (C=O) groups is 2. The number of amides is 2. The Labute approximate surface area is 159 Å². The molecule has 1 aromatic heterocycles. The molecule has 7 nitrogen and oxygen atoms in total. The van der Waals surface area contributed by atoms with Crippen LogP contribution in [-0.2, 0) is 14.3 Å². The number of hydrogen-bond donors (Lipinski definition) is 2. The highest BCUT2D eigenvalue weighted by Crippen LogP contribution is 2.28. The maximum atomic E-state index is 13.9. The summed E-state index contributed by atoms with van der Waals surface area (Å²) in [4.78, 5) is 29.0. The quantitative estimate of drug-likeness (QED) is 0.390. The lowest BCUT2D eigenvalue weighted by Crippen LogP contribution is -2.37. The summed E-state index contributed by atoms with van der Waals surface area (Å²) in [6.07, 6.45) is 2.77. The lowest BCUT2D eigenvalue weighted by molar-refractivity contribution is -0.124. The van der Waals surface area contributed by atoms with Gasteiger partial charge in [-0.15, -0.1) is 11.3 Å². The molecule has 2 N–H and O–H groups in total. The molecular weight excluding hydrogens is 373 g/mol. The van der Waals surface area contributed by atoms with E-state index < -0.39 is 23.7 Å². The minimum atomic E-state index is -1.26. The summed E-state index contributed by atoms with van der Waals surface area (Å²) in [5, 5.41) is 7.09.